The minimum absolute atomic E-state index is 0.00692. The van der Waals surface area contributed by atoms with Crippen LogP contribution >= 0.6 is 0 Å². The van der Waals surface area contributed by atoms with Crippen LogP contribution in [0, 0.1) is 6.92 Å². The minimum Gasteiger partial charge on any atom is -0.462 e. The van der Waals surface area contributed by atoms with Gasteiger partial charge in [-0.25, -0.2) is 4.79 Å². The van der Waals surface area contributed by atoms with Crippen LogP contribution in [0.3, 0.4) is 0 Å². The molecule has 0 aliphatic rings. The average Bonchev–Trinajstić information content (AvgIpc) is 2.55. The summed E-state index contributed by atoms with van der Waals surface area (Å²) >= 11 is 0. The van der Waals surface area contributed by atoms with E-state index in [1.807, 2.05) is 0 Å². The molecule has 25 heavy (non-hydrogen) atoms. The molecule has 0 fully saturated rings. The molecule has 2 aromatic rings. The van der Waals surface area contributed by atoms with Gasteiger partial charge in [0.2, 0.25) is 0 Å². The number of benzene rings is 1. The highest BCUT2D eigenvalue weighted by atomic mass is 19.4. The molecule has 2 rings (SSSR count). The molecule has 1 aromatic heterocycles. The Morgan fingerprint density at radius 3 is 2.64 bits per heavy atom. The van der Waals surface area contributed by atoms with Gasteiger partial charge in [0.05, 0.1) is 24.1 Å². The molecule has 2 N–H and O–H groups in total. The van der Waals surface area contributed by atoms with Crippen molar-refractivity contribution in [2.45, 2.75) is 26.6 Å². The number of hydrogen-bond donors (Lipinski definition) is 1. The molecule has 1 heterocycles. The molecule has 0 bridgehead atoms. The van der Waals surface area contributed by atoms with Gasteiger partial charge in [-0.1, -0.05) is 6.07 Å². The summed E-state index contributed by atoms with van der Waals surface area (Å²) in [6.45, 7) is 3.51. The van der Waals surface area contributed by atoms with E-state index >= 15 is 0 Å². The number of hydrogen-bond acceptors (Lipinski definition) is 5. The molecule has 0 atom stereocenters. The van der Waals surface area contributed by atoms with Gasteiger partial charge < -0.3 is 15.2 Å². The first-order valence-corrected chi connectivity index (χ1v) is 7.48. The fraction of sp³-hybridized carbons (Fsp3) is 0.294. The number of ether oxygens (including phenoxy) is 2. The SMILES string of the molecule is CCOC(=O)c1c(Oc2cccc(C(F)(F)F)c2)cnc(CN)c1C. The first-order valence-electron chi connectivity index (χ1n) is 7.48. The summed E-state index contributed by atoms with van der Waals surface area (Å²) in [5.41, 5.74) is 5.76. The first kappa shape index (κ1) is 18.7. The van der Waals surface area contributed by atoms with E-state index < -0.39 is 17.7 Å². The van der Waals surface area contributed by atoms with Gasteiger partial charge >= 0.3 is 12.1 Å². The van der Waals surface area contributed by atoms with Crippen molar-refractivity contribution in [3.63, 3.8) is 0 Å². The molecule has 134 valence electrons. The third-order valence-electron chi connectivity index (χ3n) is 3.45. The lowest BCUT2D eigenvalue weighted by Crippen LogP contribution is -2.13. The van der Waals surface area contributed by atoms with E-state index in [1.54, 1.807) is 13.8 Å². The summed E-state index contributed by atoms with van der Waals surface area (Å²) < 4.78 is 49.0. The van der Waals surface area contributed by atoms with E-state index in [-0.39, 0.29) is 30.2 Å². The lowest BCUT2D eigenvalue weighted by Gasteiger charge is -2.15. The second-order valence-corrected chi connectivity index (χ2v) is 5.12. The molecule has 0 amide bonds. The van der Waals surface area contributed by atoms with Gasteiger partial charge in [0.1, 0.15) is 11.3 Å². The number of nitrogens with two attached hydrogens (primary N) is 1. The van der Waals surface area contributed by atoms with Crippen molar-refractivity contribution >= 4 is 5.97 Å². The average molecular weight is 354 g/mol. The normalized spacial score (nSPS) is 11.3. The number of rotatable bonds is 5. The van der Waals surface area contributed by atoms with Crippen molar-refractivity contribution in [2.24, 2.45) is 5.73 Å². The Balaban J connectivity index is 2.46. The molecule has 0 saturated carbocycles. The Morgan fingerprint density at radius 1 is 1.32 bits per heavy atom. The van der Waals surface area contributed by atoms with Crippen LogP contribution in [0.15, 0.2) is 30.5 Å². The Morgan fingerprint density at radius 2 is 2.04 bits per heavy atom. The maximum Gasteiger partial charge on any atom is 0.416 e. The van der Waals surface area contributed by atoms with Gasteiger partial charge in [-0.15, -0.1) is 0 Å². The van der Waals surface area contributed by atoms with E-state index in [0.717, 1.165) is 12.1 Å². The number of alkyl halides is 3. The second-order valence-electron chi connectivity index (χ2n) is 5.12. The smallest absolute Gasteiger partial charge is 0.416 e. The summed E-state index contributed by atoms with van der Waals surface area (Å²) in [5.74, 6) is -0.714. The van der Waals surface area contributed by atoms with Crippen LogP contribution in [0.1, 0.15) is 34.1 Å². The number of halogens is 3. The summed E-state index contributed by atoms with van der Waals surface area (Å²) in [7, 11) is 0. The fourth-order valence-corrected chi connectivity index (χ4v) is 2.23. The predicted octanol–water partition coefficient (Wildman–Crippen LogP) is 3.84. The van der Waals surface area contributed by atoms with Gasteiger partial charge in [-0.05, 0) is 37.6 Å². The maximum atomic E-state index is 12.8. The molecule has 1 aromatic carbocycles. The van der Waals surface area contributed by atoms with Gasteiger partial charge in [0.25, 0.3) is 0 Å². The number of nitrogens with zero attached hydrogens (tertiary/aromatic N) is 1. The summed E-state index contributed by atoms with van der Waals surface area (Å²) in [5, 5.41) is 0. The Hall–Kier alpha value is -2.61. The van der Waals surface area contributed by atoms with Gasteiger partial charge in [0, 0.05) is 6.54 Å². The quantitative estimate of drug-likeness (QED) is 0.826. The minimum atomic E-state index is -4.50. The Labute approximate surface area is 142 Å². The van der Waals surface area contributed by atoms with Gasteiger partial charge in [-0.2, -0.15) is 13.2 Å². The zero-order valence-corrected chi connectivity index (χ0v) is 13.7. The van der Waals surface area contributed by atoms with E-state index in [4.69, 9.17) is 15.2 Å². The molecule has 0 unspecified atom stereocenters. The lowest BCUT2D eigenvalue weighted by atomic mass is 10.1. The van der Waals surface area contributed by atoms with Crippen LogP contribution in [0.5, 0.6) is 11.5 Å². The van der Waals surface area contributed by atoms with Crippen molar-refractivity contribution in [3.05, 3.63) is 52.8 Å². The lowest BCUT2D eigenvalue weighted by molar-refractivity contribution is -0.137. The van der Waals surface area contributed by atoms with Crippen molar-refractivity contribution in [1.29, 1.82) is 0 Å². The van der Waals surface area contributed by atoms with Crippen LogP contribution in [0.25, 0.3) is 0 Å². The van der Waals surface area contributed by atoms with Crippen molar-refractivity contribution in [3.8, 4) is 11.5 Å². The van der Waals surface area contributed by atoms with Crippen molar-refractivity contribution in [2.75, 3.05) is 6.61 Å². The van der Waals surface area contributed by atoms with Gasteiger partial charge in [0.15, 0.2) is 5.75 Å². The molecule has 5 nitrogen and oxygen atoms in total. The zero-order valence-electron chi connectivity index (χ0n) is 13.7. The topological polar surface area (TPSA) is 74.4 Å². The molecule has 0 saturated heterocycles. The van der Waals surface area contributed by atoms with Crippen LogP contribution in [-0.2, 0) is 17.5 Å². The molecule has 0 radical (unpaired) electrons. The number of carbonyl (C=O) groups excluding carboxylic acids is 1. The highest BCUT2D eigenvalue weighted by Crippen LogP contribution is 2.34. The fourth-order valence-electron chi connectivity index (χ4n) is 2.23. The monoisotopic (exact) mass is 354 g/mol. The highest BCUT2D eigenvalue weighted by Gasteiger charge is 2.31. The third kappa shape index (κ3) is 4.27. The molecule has 0 spiro atoms. The summed E-state index contributed by atoms with van der Waals surface area (Å²) in [6, 6.07) is 4.36. The number of aromatic nitrogens is 1. The standard InChI is InChI=1S/C17H17F3N2O3/c1-3-24-16(23)15-10(2)13(8-21)22-9-14(15)25-12-6-4-5-11(7-12)17(18,19)20/h4-7,9H,3,8,21H2,1-2H3. The van der Waals surface area contributed by atoms with Crippen molar-refractivity contribution in [1.82, 2.24) is 4.98 Å². The predicted molar refractivity (Wildman–Crippen MR) is 84.3 cm³/mol. The Bertz CT molecular complexity index is 776. The van der Waals surface area contributed by atoms with E-state index in [9.17, 15) is 18.0 Å². The second kappa shape index (κ2) is 7.52. The van der Waals surface area contributed by atoms with Gasteiger partial charge in [-0.3, -0.25) is 4.98 Å². The van der Waals surface area contributed by atoms with E-state index in [2.05, 4.69) is 4.98 Å². The summed E-state index contributed by atoms with van der Waals surface area (Å²) in [6.07, 6.45) is -3.25. The molecular weight excluding hydrogens is 337 g/mol. The van der Waals surface area contributed by atoms with Crippen LogP contribution < -0.4 is 10.5 Å². The molecule has 8 heteroatoms. The molecular formula is C17H17F3N2O3. The first-order chi connectivity index (χ1) is 11.8. The maximum absolute atomic E-state index is 12.8. The summed E-state index contributed by atoms with van der Waals surface area (Å²) in [4.78, 5) is 16.3. The third-order valence-corrected chi connectivity index (χ3v) is 3.45. The Kier molecular flexibility index (Phi) is 5.63. The van der Waals surface area contributed by atoms with Crippen LogP contribution in [-0.4, -0.2) is 17.6 Å². The highest BCUT2D eigenvalue weighted by molar-refractivity contribution is 5.94. The molecule has 0 aliphatic heterocycles. The van der Waals surface area contributed by atoms with E-state index in [1.165, 1.54) is 18.3 Å². The largest absolute Gasteiger partial charge is 0.462 e. The number of carbonyl (C=O) groups is 1. The molecule has 0 aliphatic carbocycles. The van der Waals surface area contributed by atoms with Crippen LogP contribution in [0.4, 0.5) is 13.2 Å². The van der Waals surface area contributed by atoms with E-state index in [0.29, 0.717) is 11.3 Å². The van der Waals surface area contributed by atoms with Crippen molar-refractivity contribution < 1.29 is 27.4 Å². The zero-order chi connectivity index (χ0) is 18.6. The van der Waals surface area contributed by atoms with Crippen LogP contribution in [0.2, 0.25) is 0 Å². The number of pyridine rings is 1. The number of esters is 1.